The average Bonchev–Trinajstić information content (AvgIpc) is 2.71. The average molecular weight is 217 g/mol. The van der Waals surface area contributed by atoms with Crippen LogP contribution in [0.15, 0.2) is 34.7 Å². The second-order valence-electron chi connectivity index (χ2n) is 4.35. The molecule has 0 aliphatic carbocycles. The van der Waals surface area contributed by atoms with Crippen LogP contribution in [0, 0.1) is 0 Å². The zero-order valence-electron chi connectivity index (χ0n) is 9.70. The number of benzene rings is 1. The first kappa shape index (κ1) is 10.9. The Morgan fingerprint density at radius 1 is 1.31 bits per heavy atom. The summed E-state index contributed by atoms with van der Waals surface area (Å²) >= 11 is 0. The molecule has 1 heterocycles. The van der Waals surface area contributed by atoms with Crippen LogP contribution in [0.1, 0.15) is 24.4 Å². The van der Waals surface area contributed by atoms with Crippen LogP contribution in [0.4, 0.5) is 0 Å². The van der Waals surface area contributed by atoms with Gasteiger partial charge in [-0.25, -0.2) is 0 Å². The topological polar surface area (TPSA) is 42.2 Å². The monoisotopic (exact) mass is 217 g/mol. The van der Waals surface area contributed by atoms with Gasteiger partial charge in [0.05, 0.1) is 5.54 Å². The van der Waals surface area contributed by atoms with Crippen molar-refractivity contribution in [3.05, 3.63) is 36.1 Å². The summed E-state index contributed by atoms with van der Waals surface area (Å²) < 4.78 is 5.53. The van der Waals surface area contributed by atoms with Crippen LogP contribution in [-0.4, -0.2) is 18.4 Å². The van der Waals surface area contributed by atoms with E-state index in [4.69, 9.17) is 4.42 Å². The van der Waals surface area contributed by atoms with Gasteiger partial charge in [-0.3, -0.25) is 4.79 Å². The predicted octanol–water partition coefficient (Wildman–Crippen LogP) is 2.61. The van der Waals surface area contributed by atoms with Crippen molar-refractivity contribution < 1.29 is 9.21 Å². The van der Waals surface area contributed by atoms with Gasteiger partial charge in [0, 0.05) is 5.39 Å². The van der Waals surface area contributed by atoms with E-state index in [-0.39, 0.29) is 5.78 Å². The lowest BCUT2D eigenvalue weighted by Gasteiger charge is -2.20. The quantitative estimate of drug-likeness (QED) is 0.803. The molecule has 1 aromatic heterocycles. The summed E-state index contributed by atoms with van der Waals surface area (Å²) in [6.07, 6.45) is 0. The Labute approximate surface area is 94.4 Å². The number of carbonyl (C=O) groups excluding carboxylic acids is 1. The Kier molecular flexibility index (Phi) is 2.56. The zero-order valence-corrected chi connectivity index (χ0v) is 9.70. The molecule has 0 unspecified atom stereocenters. The minimum absolute atomic E-state index is 0.0359. The molecule has 0 spiro atoms. The van der Waals surface area contributed by atoms with Crippen molar-refractivity contribution in [2.75, 3.05) is 7.05 Å². The third kappa shape index (κ3) is 1.74. The van der Waals surface area contributed by atoms with Crippen molar-refractivity contribution in [2.45, 2.75) is 19.4 Å². The van der Waals surface area contributed by atoms with Crippen molar-refractivity contribution in [3.8, 4) is 0 Å². The van der Waals surface area contributed by atoms with E-state index in [2.05, 4.69) is 5.32 Å². The van der Waals surface area contributed by atoms with E-state index < -0.39 is 5.54 Å². The van der Waals surface area contributed by atoms with Crippen LogP contribution in [0.2, 0.25) is 0 Å². The first-order valence-corrected chi connectivity index (χ1v) is 5.27. The van der Waals surface area contributed by atoms with Crippen molar-refractivity contribution >= 4 is 16.8 Å². The van der Waals surface area contributed by atoms with Crippen LogP contribution in [0.3, 0.4) is 0 Å². The van der Waals surface area contributed by atoms with Crippen molar-refractivity contribution in [1.82, 2.24) is 5.32 Å². The van der Waals surface area contributed by atoms with E-state index in [1.54, 1.807) is 13.1 Å². The number of ketones is 1. The maximum atomic E-state index is 12.1. The fourth-order valence-corrected chi connectivity index (χ4v) is 1.52. The van der Waals surface area contributed by atoms with E-state index in [1.165, 1.54) is 0 Å². The number of furan rings is 1. The van der Waals surface area contributed by atoms with Gasteiger partial charge < -0.3 is 9.73 Å². The molecule has 84 valence electrons. The summed E-state index contributed by atoms with van der Waals surface area (Å²) in [7, 11) is 1.76. The third-order valence-corrected chi connectivity index (χ3v) is 2.84. The highest BCUT2D eigenvalue weighted by molar-refractivity contribution is 6.03. The van der Waals surface area contributed by atoms with Gasteiger partial charge in [-0.05, 0) is 33.0 Å². The van der Waals surface area contributed by atoms with Crippen LogP contribution in [-0.2, 0) is 0 Å². The van der Waals surface area contributed by atoms with Crippen molar-refractivity contribution in [1.29, 1.82) is 0 Å². The number of fused-ring (bicyclic) bond motifs is 1. The molecule has 16 heavy (non-hydrogen) atoms. The van der Waals surface area contributed by atoms with Gasteiger partial charge in [-0.1, -0.05) is 18.2 Å². The van der Waals surface area contributed by atoms with Gasteiger partial charge in [0.15, 0.2) is 5.76 Å². The summed E-state index contributed by atoms with van der Waals surface area (Å²) in [5.74, 6) is 0.367. The van der Waals surface area contributed by atoms with E-state index in [0.29, 0.717) is 5.76 Å². The molecular formula is C13H15NO2. The SMILES string of the molecule is CNC(C)(C)C(=O)c1cc2ccccc2o1. The van der Waals surface area contributed by atoms with E-state index in [9.17, 15) is 4.79 Å². The molecule has 0 fully saturated rings. The Morgan fingerprint density at radius 2 is 2.00 bits per heavy atom. The summed E-state index contributed by atoms with van der Waals surface area (Å²) in [6.45, 7) is 3.67. The molecule has 0 aliphatic heterocycles. The number of rotatable bonds is 3. The second kappa shape index (κ2) is 3.76. The molecule has 0 atom stereocenters. The van der Waals surface area contributed by atoms with Crippen LogP contribution < -0.4 is 5.32 Å². The largest absolute Gasteiger partial charge is 0.453 e. The van der Waals surface area contributed by atoms with E-state index >= 15 is 0 Å². The van der Waals surface area contributed by atoms with Gasteiger partial charge >= 0.3 is 0 Å². The highest BCUT2D eigenvalue weighted by Crippen LogP contribution is 2.22. The molecule has 3 heteroatoms. The van der Waals surface area contributed by atoms with E-state index in [0.717, 1.165) is 11.0 Å². The highest BCUT2D eigenvalue weighted by atomic mass is 16.3. The lowest BCUT2D eigenvalue weighted by Crippen LogP contribution is -2.44. The van der Waals surface area contributed by atoms with Gasteiger partial charge in [-0.15, -0.1) is 0 Å². The Balaban J connectivity index is 2.45. The summed E-state index contributed by atoms with van der Waals surface area (Å²) in [5.41, 5.74) is 0.145. The third-order valence-electron chi connectivity index (χ3n) is 2.84. The Morgan fingerprint density at radius 3 is 2.62 bits per heavy atom. The van der Waals surface area contributed by atoms with Crippen LogP contribution in [0.5, 0.6) is 0 Å². The summed E-state index contributed by atoms with van der Waals surface area (Å²) in [4.78, 5) is 12.1. The van der Waals surface area contributed by atoms with Gasteiger partial charge in [-0.2, -0.15) is 0 Å². The second-order valence-corrected chi connectivity index (χ2v) is 4.35. The molecule has 0 radical (unpaired) electrons. The maximum Gasteiger partial charge on any atom is 0.217 e. The first-order valence-electron chi connectivity index (χ1n) is 5.27. The fourth-order valence-electron chi connectivity index (χ4n) is 1.52. The summed E-state index contributed by atoms with van der Waals surface area (Å²) in [6, 6.07) is 9.40. The number of carbonyl (C=O) groups is 1. The van der Waals surface area contributed by atoms with E-state index in [1.807, 2.05) is 38.1 Å². The zero-order chi connectivity index (χ0) is 11.8. The number of hydrogen-bond donors (Lipinski definition) is 1. The highest BCUT2D eigenvalue weighted by Gasteiger charge is 2.29. The molecular weight excluding hydrogens is 202 g/mol. The van der Waals surface area contributed by atoms with Gasteiger partial charge in [0.1, 0.15) is 5.58 Å². The molecule has 1 N–H and O–H groups in total. The Hall–Kier alpha value is -1.61. The van der Waals surface area contributed by atoms with Crippen LogP contribution in [0.25, 0.3) is 11.0 Å². The molecule has 0 saturated heterocycles. The number of para-hydroxylation sites is 1. The number of likely N-dealkylation sites (N-methyl/N-ethyl adjacent to an activating group) is 1. The number of nitrogens with one attached hydrogen (secondary N) is 1. The molecule has 2 aromatic rings. The molecule has 3 nitrogen and oxygen atoms in total. The fraction of sp³-hybridized carbons (Fsp3) is 0.308. The molecule has 0 aliphatic rings. The lowest BCUT2D eigenvalue weighted by molar-refractivity contribution is 0.0863. The molecule has 0 saturated carbocycles. The van der Waals surface area contributed by atoms with Gasteiger partial charge in [0.25, 0.3) is 0 Å². The number of hydrogen-bond acceptors (Lipinski definition) is 3. The smallest absolute Gasteiger partial charge is 0.217 e. The molecule has 1 aromatic carbocycles. The molecule has 0 bridgehead atoms. The summed E-state index contributed by atoms with van der Waals surface area (Å²) in [5, 5.41) is 3.93. The number of Topliss-reactive ketones (excluding diaryl/α,β-unsaturated/α-hetero) is 1. The Bertz CT molecular complexity index is 492. The van der Waals surface area contributed by atoms with Crippen molar-refractivity contribution in [2.24, 2.45) is 0 Å². The van der Waals surface area contributed by atoms with Crippen molar-refractivity contribution in [3.63, 3.8) is 0 Å². The standard InChI is InChI=1S/C13H15NO2/c1-13(2,14-3)12(15)11-8-9-6-4-5-7-10(9)16-11/h4-8,14H,1-3H3. The normalized spacial score (nSPS) is 11.9. The predicted molar refractivity (Wildman–Crippen MR) is 63.7 cm³/mol. The van der Waals surface area contributed by atoms with Crippen LogP contribution >= 0.6 is 0 Å². The minimum Gasteiger partial charge on any atom is -0.453 e. The molecule has 2 rings (SSSR count). The lowest BCUT2D eigenvalue weighted by atomic mass is 9.97. The maximum absolute atomic E-state index is 12.1. The first-order chi connectivity index (χ1) is 7.54. The van der Waals surface area contributed by atoms with Gasteiger partial charge in [0.2, 0.25) is 5.78 Å². The minimum atomic E-state index is -0.603. The molecule has 0 amide bonds.